The van der Waals surface area contributed by atoms with Crippen LogP contribution in [0.15, 0.2) is 0 Å². The average Bonchev–Trinajstić information content (AvgIpc) is 2.66. The molecule has 1 atom stereocenters. The number of hydrogen-bond donors (Lipinski definition) is 0. The summed E-state index contributed by atoms with van der Waals surface area (Å²) in [7, 11) is 1.89. The predicted octanol–water partition coefficient (Wildman–Crippen LogP) is 1.50. The first-order chi connectivity index (χ1) is 7.16. The zero-order valence-corrected chi connectivity index (χ0v) is 9.87. The number of hydrogen-bond acceptors (Lipinski definition) is 2. The molecule has 0 N–H and O–H groups in total. The van der Waals surface area contributed by atoms with E-state index in [0.29, 0.717) is 17.9 Å². The summed E-state index contributed by atoms with van der Waals surface area (Å²) in [5, 5.41) is 0.341. The molecule has 0 radical (unpaired) electrons. The van der Waals surface area contributed by atoms with Gasteiger partial charge in [0.2, 0.25) is 5.91 Å². The first-order valence-electron chi connectivity index (χ1n) is 5.63. The van der Waals surface area contributed by atoms with E-state index >= 15 is 0 Å². The van der Waals surface area contributed by atoms with E-state index in [1.54, 1.807) is 0 Å². The molecule has 4 heteroatoms. The standard InChI is InChI=1S/C11H18ClNO2/c1-13(6-8-4-10(12)5-8)11(14)9-2-3-15-7-9/h8-10H,2-7H2,1H3. The molecule has 1 aliphatic heterocycles. The molecule has 0 aromatic heterocycles. The second-order valence-corrected chi connectivity index (χ2v) is 5.33. The van der Waals surface area contributed by atoms with Crippen LogP contribution >= 0.6 is 11.6 Å². The van der Waals surface area contributed by atoms with Crippen molar-refractivity contribution in [2.75, 3.05) is 26.8 Å². The molecule has 0 aromatic rings. The van der Waals surface area contributed by atoms with E-state index in [9.17, 15) is 4.79 Å². The number of amides is 1. The van der Waals surface area contributed by atoms with Gasteiger partial charge < -0.3 is 9.64 Å². The lowest BCUT2D eigenvalue weighted by atomic mass is 9.84. The van der Waals surface area contributed by atoms with Gasteiger partial charge in [-0.25, -0.2) is 0 Å². The maximum atomic E-state index is 11.9. The van der Waals surface area contributed by atoms with Gasteiger partial charge in [-0.15, -0.1) is 11.6 Å². The minimum absolute atomic E-state index is 0.0990. The minimum Gasteiger partial charge on any atom is -0.381 e. The zero-order valence-electron chi connectivity index (χ0n) is 9.12. The molecule has 1 aliphatic carbocycles. The van der Waals surface area contributed by atoms with Crippen molar-refractivity contribution < 1.29 is 9.53 Å². The van der Waals surface area contributed by atoms with Gasteiger partial charge in [0.25, 0.3) is 0 Å². The van der Waals surface area contributed by atoms with Crippen LogP contribution in [-0.4, -0.2) is 43.0 Å². The van der Waals surface area contributed by atoms with Gasteiger partial charge in [-0.3, -0.25) is 4.79 Å². The Morgan fingerprint density at radius 2 is 2.27 bits per heavy atom. The zero-order chi connectivity index (χ0) is 10.8. The maximum Gasteiger partial charge on any atom is 0.227 e. The van der Waals surface area contributed by atoms with Gasteiger partial charge in [-0.2, -0.15) is 0 Å². The van der Waals surface area contributed by atoms with E-state index < -0.39 is 0 Å². The van der Waals surface area contributed by atoms with Gasteiger partial charge in [0.1, 0.15) is 0 Å². The number of halogens is 1. The number of ether oxygens (including phenoxy) is 1. The van der Waals surface area contributed by atoms with Crippen LogP contribution < -0.4 is 0 Å². The molecular formula is C11H18ClNO2. The van der Waals surface area contributed by atoms with Gasteiger partial charge in [0, 0.05) is 25.6 Å². The van der Waals surface area contributed by atoms with Crippen molar-refractivity contribution in [3.05, 3.63) is 0 Å². The molecule has 2 aliphatic rings. The third-order valence-electron chi connectivity index (χ3n) is 3.37. The Labute approximate surface area is 95.7 Å². The summed E-state index contributed by atoms with van der Waals surface area (Å²) in [6, 6.07) is 0. The van der Waals surface area contributed by atoms with Crippen LogP contribution in [0.2, 0.25) is 0 Å². The Morgan fingerprint density at radius 3 is 2.80 bits per heavy atom. The van der Waals surface area contributed by atoms with E-state index in [0.717, 1.165) is 32.4 Å². The summed E-state index contributed by atoms with van der Waals surface area (Å²) in [5.41, 5.74) is 0. The SMILES string of the molecule is CN(CC1CC(Cl)C1)C(=O)C1CCOC1. The van der Waals surface area contributed by atoms with E-state index in [2.05, 4.69) is 0 Å². The summed E-state index contributed by atoms with van der Waals surface area (Å²) >= 11 is 5.91. The third kappa shape index (κ3) is 2.64. The van der Waals surface area contributed by atoms with Crippen molar-refractivity contribution in [2.45, 2.75) is 24.6 Å². The first-order valence-corrected chi connectivity index (χ1v) is 6.07. The fourth-order valence-electron chi connectivity index (χ4n) is 2.32. The van der Waals surface area contributed by atoms with Gasteiger partial charge >= 0.3 is 0 Å². The number of alkyl halides is 1. The van der Waals surface area contributed by atoms with E-state index in [4.69, 9.17) is 16.3 Å². The Hall–Kier alpha value is -0.280. The smallest absolute Gasteiger partial charge is 0.227 e. The van der Waals surface area contributed by atoms with Gasteiger partial charge in [0.05, 0.1) is 12.5 Å². The topological polar surface area (TPSA) is 29.5 Å². The summed E-state index contributed by atoms with van der Waals surface area (Å²) < 4.78 is 5.22. The van der Waals surface area contributed by atoms with Crippen LogP contribution in [0.25, 0.3) is 0 Å². The summed E-state index contributed by atoms with van der Waals surface area (Å²) in [6.45, 7) is 2.20. The third-order valence-corrected chi connectivity index (χ3v) is 3.72. The molecule has 2 fully saturated rings. The normalized spacial score (nSPS) is 34.9. The van der Waals surface area contributed by atoms with Crippen molar-refractivity contribution in [1.82, 2.24) is 4.90 Å². The summed E-state index contributed by atoms with van der Waals surface area (Å²) in [5.74, 6) is 0.955. The Kier molecular flexibility index (Phi) is 3.52. The van der Waals surface area contributed by atoms with Crippen molar-refractivity contribution in [2.24, 2.45) is 11.8 Å². The fraction of sp³-hybridized carbons (Fsp3) is 0.909. The molecule has 2 rings (SSSR count). The number of nitrogens with zero attached hydrogens (tertiary/aromatic N) is 1. The first kappa shape index (κ1) is 11.2. The number of carbonyl (C=O) groups excluding carboxylic acids is 1. The second kappa shape index (κ2) is 4.71. The van der Waals surface area contributed by atoms with Crippen molar-refractivity contribution in [1.29, 1.82) is 0 Å². The fourth-order valence-corrected chi connectivity index (χ4v) is 2.83. The van der Waals surface area contributed by atoms with Gasteiger partial charge in [-0.1, -0.05) is 0 Å². The van der Waals surface area contributed by atoms with Crippen LogP contribution in [0, 0.1) is 11.8 Å². The summed E-state index contributed by atoms with van der Waals surface area (Å²) in [6.07, 6.45) is 2.99. The molecule has 3 nitrogen and oxygen atoms in total. The van der Waals surface area contributed by atoms with Crippen LogP contribution in [0.1, 0.15) is 19.3 Å². The van der Waals surface area contributed by atoms with E-state index in [1.165, 1.54) is 0 Å². The molecule has 1 heterocycles. The van der Waals surface area contributed by atoms with E-state index in [-0.39, 0.29) is 11.8 Å². The average molecular weight is 232 g/mol. The minimum atomic E-state index is 0.0990. The molecule has 1 saturated heterocycles. The van der Waals surface area contributed by atoms with Crippen molar-refractivity contribution >= 4 is 17.5 Å². The molecule has 1 saturated carbocycles. The largest absolute Gasteiger partial charge is 0.381 e. The summed E-state index contributed by atoms with van der Waals surface area (Å²) in [4.78, 5) is 13.8. The maximum absolute atomic E-state index is 11.9. The van der Waals surface area contributed by atoms with Crippen LogP contribution in [0.5, 0.6) is 0 Å². The van der Waals surface area contributed by atoms with Crippen LogP contribution in [0.4, 0.5) is 0 Å². The van der Waals surface area contributed by atoms with Gasteiger partial charge in [0.15, 0.2) is 0 Å². The van der Waals surface area contributed by atoms with Gasteiger partial charge in [-0.05, 0) is 25.2 Å². The lowest BCUT2D eigenvalue weighted by Gasteiger charge is -2.34. The van der Waals surface area contributed by atoms with Crippen LogP contribution in [-0.2, 0) is 9.53 Å². The quantitative estimate of drug-likeness (QED) is 0.689. The molecule has 0 spiro atoms. The molecule has 15 heavy (non-hydrogen) atoms. The lowest BCUT2D eigenvalue weighted by Crippen LogP contribution is -2.40. The van der Waals surface area contributed by atoms with E-state index in [1.807, 2.05) is 11.9 Å². The van der Waals surface area contributed by atoms with Crippen LogP contribution in [0.3, 0.4) is 0 Å². The monoisotopic (exact) mass is 231 g/mol. The molecule has 1 unspecified atom stereocenters. The predicted molar refractivity (Wildman–Crippen MR) is 58.9 cm³/mol. The Bertz CT molecular complexity index is 235. The highest BCUT2D eigenvalue weighted by Crippen LogP contribution is 2.32. The molecule has 1 amide bonds. The molecule has 0 bridgehead atoms. The second-order valence-electron chi connectivity index (χ2n) is 4.71. The molecular weight excluding hydrogens is 214 g/mol. The number of rotatable bonds is 3. The number of carbonyl (C=O) groups is 1. The molecule has 0 aromatic carbocycles. The van der Waals surface area contributed by atoms with Crippen molar-refractivity contribution in [3.63, 3.8) is 0 Å². The Balaban J connectivity index is 1.74. The molecule has 86 valence electrons. The Morgan fingerprint density at radius 1 is 1.53 bits per heavy atom. The highest BCUT2D eigenvalue weighted by Gasteiger charge is 2.32. The highest BCUT2D eigenvalue weighted by atomic mass is 35.5. The highest BCUT2D eigenvalue weighted by molar-refractivity contribution is 6.21. The lowest BCUT2D eigenvalue weighted by molar-refractivity contribution is -0.135. The van der Waals surface area contributed by atoms with Crippen molar-refractivity contribution in [3.8, 4) is 0 Å².